The SMILES string of the molecule is CC(CNCC(=O)O)C1(c2ccc(-c3ccsc3)cc2)CCc2cc(Cl)ccc21. The lowest BCUT2D eigenvalue weighted by Crippen LogP contribution is -2.40. The predicted molar refractivity (Wildman–Crippen MR) is 120 cm³/mol. The van der Waals surface area contributed by atoms with Crippen LogP contribution in [0.15, 0.2) is 59.3 Å². The van der Waals surface area contributed by atoms with Gasteiger partial charge in [0.05, 0.1) is 6.54 Å². The fraction of sp³-hybridized carbons (Fsp3) is 0.292. The third kappa shape index (κ3) is 3.85. The molecular weight excluding hydrogens is 402 g/mol. The molecule has 29 heavy (non-hydrogen) atoms. The minimum absolute atomic E-state index is 0.0228. The summed E-state index contributed by atoms with van der Waals surface area (Å²) in [5.74, 6) is -0.596. The van der Waals surface area contributed by atoms with Crippen LogP contribution in [-0.4, -0.2) is 24.2 Å². The molecule has 2 unspecified atom stereocenters. The Kier molecular flexibility index (Phi) is 5.77. The Morgan fingerprint density at radius 2 is 2.00 bits per heavy atom. The summed E-state index contributed by atoms with van der Waals surface area (Å²) in [6, 6.07) is 17.2. The van der Waals surface area contributed by atoms with E-state index in [2.05, 4.69) is 65.5 Å². The van der Waals surface area contributed by atoms with E-state index in [1.165, 1.54) is 27.8 Å². The molecule has 0 bridgehead atoms. The average Bonchev–Trinajstić information content (AvgIpc) is 3.36. The summed E-state index contributed by atoms with van der Waals surface area (Å²) < 4.78 is 0. The Morgan fingerprint density at radius 3 is 2.69 bits per heavy atom. The van der Waals surface area contributed by atoms with E-state index in [9.17, 15) is 4.79 Å². The third-order valence-corrected chi connectivity index (χ3v) is 7.08. The summed E-state index contributed by atoms with van der Waals surface area (Å²) in [5.41, 5.74) is 6.20. The standard InChI is InChI=1S/C24H24ClNO2S/c1-16(13-26-14-23(27)28)24(10-8-18-12-21(25)6-7-22(18)24)20-4-2-17(3-5-20)19-9-11-29-15-19/h2-7,9,11-12,15-16,26H,8,10,13-14H2,1H3,(H,27,28). The van der Waals surface area contributed by atoms with Crippen LogP contribution in [0.25, 0.3) is 11.1 Å². The zero-order valence-corrected chi connectivity index (χ0v) is 17.9. The highest BCUT2D eigenvalue weighted by atomic mass is 35.5. The highest BCUT2D eigenvalue weighted by Gasteiger charge is 2.44. The lowest BCUT2D eigenvalue weighted by atomic mass is 9.67. The third-order valence-electron chi connectivity index (χ3n) is 6.16. The molecule has 2 atom stereocenters. The average molecular weight is 426 g/mol. The molecule has 4 rings (SSSR count). The van der Waals surface area contributed by atoms with Crippen molar-refractivity contribution >= 4 is 28.9 Å². The van der Waals surface area contributed by atoms with Crippen molar-refractivity contribution in [2.75, 3.05) is 13.1 Å². The first-order chi connectivity index (χ1) is 14.0. The zero-order valence-electron chi connectivity index (χ0n) is 16.3. The van der Waals surface area contributed by atoms with Gasteiger partial charge in [-0.25, -0.2) is 0 Å². The van der Waals surface area contributed by atoms with Gasteiger partial charge in [-0.15, -0.1) is 0 Å². The number of thiophene rings is 1. The molecule has 2 N–H and O–H groups in total. The maximum atomic E-state index is 11.0. The number of rotatable bonds is 7. The number of carboxylic acid groups (broad SMARTS) is 1. The van der Waals surface area contributed by atoms with E-state index < -0.39 is 5.97 Å². The van der Waals surface area contributed by atoms with Gasteiger partial charge in [0, 0.05) is 10.4 Å². The van der Waals surface area contributed by atoms with Gasteiger partial charge in [-0.05, 0) is 82.1 Å². The topological polar surface area (TPSA) is 49.3 Å². The van der Waals surface area contributed by atoms with Gasteiger partial charge in [0.1, 0.15) is 0 Å². The van der Waals surface area contributed by atoms with E-state index in [0.29, 0.717) is 6.54 Å². The number of hydrogen-bond acceptors (Lipinski definition) is 3. The smallest absolute Gasteiger partial charge is 0.317 e. The number of carbonyl (C=O) groups is 1. The number of halogens is 1. The molecular formula is C24H24ClNO2S. The molecule has 1 heterocycles. The van der Waals surface area contributed by atoms with Crippen molar-refractivity contribution in [1.29, 1.82) is 0 Å². The van der Waals surface area contributed by atoms with Crippen LogP contribution in [-0.2, 0) is 16.6 Å². The van der Waals surface area contributed by atoms with Crippen LogP contribution >= 0.6 is 22.9 Å². The highest BCUT2D eigenvalue weighted by molar-refractivity contribution is 7.08. The minimum atomic E-state index is -0.829. The molecule has 3 nitrogen and oxygen atoms in total. The van der Waals surface area contributed by atoms with Gasteiger partial charge in [0.2, 0.25) is 0 Å². The normalized spacial score (nSPS) is 19.1. The van der Waals surface area contributed by atoms with E-state index in [-0.39, 0.29) is 17.9 Å². The second kappa shape index (κ2) is 8.31. The zero-order chi connectivity index (χ0) is 20.4. The van der Waals surface area contributed by atoms with Crippen molar-refractivity contribution in [3.8, 4) is 11.1 Å². The fourth-order valence-corrected chi connectivity index (χ4v) is 5.59. The summed E-state index contributed by atoms with van der Waals surface area (Å²) in [4.78, 5) is 11.0. The fourth-order valence-electron chi connectivity index (χ4n) is 4.73. The summed E-state index contributed by atoms with van der Waals surface area (Å²) in [5, 5.41) is 17.1. The monoisotopic (exact) mass is 425 g/mol. The Labute approximate surface area is 180 Å². The molecule has 1 aliphatic carbocycles. The largest absolute Gasteiger partial charge is 0.480 e. The van der Waals surface area contributed by atoms with Gasteiger partial charge in [0.25, 0.3) is 0 Å². The van der Waals surface area contributed by atoms with Crippen LogP contribution in [0, 0.1) is 5.92 Å². The van der Waals surface area contributed by atoms with Crippen molar-refractivity contribution in [2.45, 2.75) is 25.2 Å². The molecule has 0 saturated heterocycles. The first-order valence-electron chi connectivity index (χ1n) is 9.85. The van der Waals surface area contributed by atoms with Crippen LogP contribution < -0.4 is 5.32 Å². The number of nitrogens with one attached hydrogen (secondary N) is 1. The van der Waals surface area contributed by atoms with Crippen LogP contribution in [0.4, 0.5) is 0 Å². The molecule has 150 valence electrons. The van der Waals surface area contributed by atoms with Gasteiger partial charge in [-0.3, -0.25) is 4.79 Å². The minimum Gasteiger partial charge on any atom is -0.480 e. The van der Waals surface area contributed by atoms with Crippen LogP contribution in [0.2, 0.25) is 5.02 Å². The number of aryl methyl sites for hydroxylation is 1. The van der Waals surface area contributed by atoms with Gasteiger partial charge < -0.3 is 10.4 Å². The van der Waals surface area contributed by atoms with Gasteiger partial charge in [-0.1, -0.05) is 48.9 Å². The summed E-state index contributed by atoms with van der Waals surface area (Å²) in [6.07, 6.45) is 1.97. The Hall–Kier alpha value is -2.14. The lowest BCUT2D eigenvalue weighted by molar-refractivity contribution is -0.136. The number of carboxylic acids is 1. The van der Waals surface area contributed by atoms with Crippen LogP contribution in [0.3, 0.4) is 0 Å². The van der Waals surface area contributed by atoms with Crippen LogP contribution in [0.1, 0.15) is 30.0 Å². The van der Waals surface area contributed by atoms with E-state index in [4.69, 9.17) is 16.7 Å². The van der Waals surface area contributed by atoms with Crippen molar-refractivity contribution in [1.82, 2.24) is 5.32 Å². The Balaban J connectivity index is 1.73. The number of benzene rings is 2. The van der Waals surface area contributed by atoms with E-state index in [1.54, 1.807) is 11.3 Å². The molecule has 0 spiro atoms. The van der Waals surface area contributed by atoms with Crippen molar-refractivity contribution < 1.29 is 9.90 Å². The molecule has 5 heteroatoms. The molecule has 1 aliphatic rings. The first-order valence-corrected chi connectivity index (χ1v) is 11.2. The van der Waals surface area contributed by atoms with Gasteiger partial charge in [0.15, 0.2) is 0 Å². The maximum absolute atomic E-state index is 11.0. The molecule has 2 aromatic carbocycles. The summed E-state index contributed by atoms with van der Waals surface area (Å²) in [6.45, 7) is 2.83. The van der Waals surface area contributed by atoms with Gasteiger partial charge >= 0.3 is 5.97 Å². The molecule has 0 aliphatic heterocycles. The summed E-state index contributed by atoms with van der Waals surface area (Å²) >= 11 is 7.96. The van der Waals surface area contributed by atoms with Crippen molar-refractivity contribution in [3.63, 3.8) is 0 Å². The van der Waals surface area contributed by atoms with Crippen molar-refractivity contribution in [2.24, 2.45) is 5.92 Å². The maximum Gasteiger partial charge on any atom is 0.317 e. The molecule has 0 saturated carbocycles. The second-order valence-corrected chi connectivity index (χ2v) is 9.00. The van der Waals surface area contributed by atoms with Gasteiger partial charge in [-0.2, -0.15) is 11.3 Å². The molecule has 0 amide bonds. The van der Waals surface area contributed by atoms with E-state index in [1.807, 2.05) is 6.07 Å². The summed E-state index contributed by atoms with van der Waals surface area (Å²) in [7, 11) is 0. The number of hydrogen-bond donors (Lipinski definition) is 2. The molecule has 1 aromatic heterocycles. The quantitative estimate of drug-likeness (QED) is 0.517. The highest BCUT2D eigenvalue weighted by Crippen LogP contribution is 2.50. The Bertz CT molecular complexity index is 1000. The van der Waals surface area contributed by atoms with E-state index >= 15 is 0 Å². The second-order valence-electron chi connectivity index (χ2n) is 7.79. The number of fused-ring (bicyclic) bond motifs is 1. The predicted octanol–water partition coefficient (Wildman–Crippen LogP) is 5.61. The molecule has 0 radical (unpaired) electrons. The lowest BCUT2D eigenvalue weighted by Gasteiger charge is -2.38. The molecule has 0 fully saturated rings. The van der Waals surface area contributed by atoms with Crippen molar-refractivity contribution in [3.05, 3.63) is 81.0 Å². The Morgan fingerprint density at radius 1 is 1.21 bits per heavy atom. The van der Waals surface area contributed by atoms with Crippen LogP contribution in [0.5, 0.6) is 0 Å². The number of aliphatic carboxylic acids is 1. The van der Waals surface area contributed by atoms with E-state index in [0.717, 1.165) is 17.9 Å². The first kappa shape index (κ1) is 20.1. The molecule has 3 aromatic rings.